The van der Waals surface area contributed by atoms with E-state index in [1.54, 1.807) is 23.1 Å². The van der Waals surface area contributed by atoms with Crippen LogP contribution in [0.25, 0.3) is 10.9 Å². The molecule has 114 valence electrons. The Morgan fingerprint density at radius 3 is 2.82 bits per heavy atom. The second-order valence-corrected chi connectivity index (χ2v) is 5.59. The molecule has 1 aliphatic rings. The summed E-state index contributed by atoms with van der Waals surface area (Å²) in [6.45, 7) is 0.888. The fourth-order valence-electron chi connectivity index (χ4n) is 2.95. The molecule has 1 aromatic heterocycles. The molecular weight excluding hydrogens is 282 g/mol. The van der Waals surface area contributed by atoms with Crippen molar-refractivity contribution >= 4 is 22.7 Å². The summed E-state index contributed by atoms with van der Waals surface area (Å²) in [4.78, 5) is 40.2. The maximum absolute atomic E-state index is 12.8. The number of hydrogen-bond donors (Lipinski definition) is 2. The highest BCUT2D eigenvalue weighted by Gasteiger charge is 2.28. The number of benzene rings is 1. The normalized spacial score (nSPS) is 18.4. The van der Waals surface area contributed by atoms with Crippen molar-refractivity contribution in [2.24, 2.45) is 11.7 Å². The number of primary amides is 1. The second kappa shape index (κ2) is 5.63. The topological polar surface area (TPSA) is 96.3 Å². The van der Waals surface area contributed by atoms with Crippen LogP contribution < -0.4 is 11.3 Å². The first-order valence-electron chi connectivity index (χ1n) is 7.27. The van der Waals surface area contributed by atoms with Gasteiger partial charge in [0, 0.05) is 30.1 Å². The Kier molecular flexibility index (Phi) is 3.66. The van der Waals surface area contributed by atoms with Crippen molar-refractivity contribution in [2.75, 3.05) is 13.1 Å². The number of amides is 2. The van der Waals surface area contributed by atoms with Gasteiger partial charge in [-0.25, -0.2) is 0 Å². The minimum absolute atomic E-state index is 0.228. The molecule has 3 rings (SSSR count). The largest absolute Gasteiger partial charge is 0.369 e. The van der Waals surface area contributed by atoms with E-state index < -0.39 is 0 Å². The van der Waals surface area contributed by atoms with Gasteiger partial charge in [0.05, 0.1) is 11.5 Å². The highest BCUT2D eigenvalue weighted by Crippen LogP contribution is 2.21. The molecule has 0 radical (unpaired) electrons. The van der Waals surface area contributed by atoms with Crippen LogP contribution >= 0.6 is 0 Å². The molecule has 1 fully saturated rings. The molecule has 6 nitrogen and oxygen atoms in total. The van der Waals surface area contributed by atoms with Crippen LogP contribution in [-0.4, -0.2) is 34.8 Å². The van der Waals surface area contributed by atoms with Crippen molar-refractivity contribution in [3.8, 4) is 0 Å². The summed E-state index contributed by atoms with van der Waals surface area (Å²) < 4.78 is 0. The minimum Gasteiger partial charge on any atom is -0.369 e. The lowest BCUT2D eigenvalue weighted by molar-refractivity contribution is -0.123. The summed E-state index contributed by atoms with van der Waals surface area (Å²) in [5, 5.41) is 0.702. The maximum Gasteiger partial charge on any atom is 0.254 e. The van der Waals surface area contributed by atoms with E-state index in [4.69, 9.17) is 5.73 Å². The number of nitrogens with one attached hydrogen (secondary N) is 1. The van der Waals surface area contributed by atoms with E-state index >= 15 is 0 Å². The van der Waals surface area contributed by atoms with Gasteiger partial charge in [-0.15, -0.1) is 0 Å². The lowest BCUT2D eigenvalue weighted by atomic mass is 9.96. The smallest absolute Gasteiger partial charge is 0.254 e. The number of nitrogens with two attached hydrogens (primary N) is 1. The summed E-state index contributed by atoms with van der Waals surface area (Å²) in [6, 6.07) is 8.50. The average molecular weight is 299 g/mol. The van der Waals surface area contributed by atoms with Crippen molar-refractivity contribution in [1.29, 1.82) is 0 Å². The van der Waals surface area contributed by atoms with E-state index in [2.05, 4.69) is 4.98 Å². The zero-order chi connectivity index (χ0) is 15.7. The SMILES string of the molecule is NC(=O)C1CCCN(C(=O)c2cc(=O)[nH]c3ccccc23)C1. The van der Waals surface area contributed by atoms with Gasteiger partial charge in [-0.1, -0.05) is 18.2 Å². The number of piperidine rings is 1. The van der Waals surface area contributed by atoms with E-state index in [-0.39, 0.29) is 23.3 Å². The van der Waals surface area contributed by atoms with Crippen molar-refractivity contribution in [3.05, 3.63) is 46.2 Å². The Labute approximate surface area is 126 Å². The lowest BCUT2D eigenvalue weighted by Gasteiger charge is -2.31. The molecule has 0 bridgehead atoms. The maximum atomic E-state index is 12.8. The summed E-state index contributed by atoms with van der Waals surface area (Å²) in [7, 11) is 0. The predicted molar refractivity (Wildman–Crippen MR) is 82.4 cm³/mol. The minimum atomic E-state index is -0.381. The van der Waals surface area contributed by atoms with Gasteiger partial charge in [0.15, 0.2) is 0 Å². The number of fused-ring (bicyclic) bond motifs is 1. The summed E-state index contributed by atoms with van der Waals surface area (Å²) in [6.07, 6.45) is 1.44. The van der Waals surface area contributed by atoms with Crippen LogP contribution in [0.15, 0.2) is 35.1 Å². The number of H-pyrrole nitrogens is 1. The van der Waals surface area contributed by atoms with E-state index in [9.17, 15) is 14.4 Å². The number of likely N-dealkylation sites (tertiary alicyclic amines) is 1. The number of pyridine rings is 1. The molecule has 1 atom stereocenters. The molecule has 2 aromatic rings. The number of nitrogens with zero attached hydrogens (tertiary/aromatic N) is 1. The molecule has 1 unspecified atom stereocenters. The van der Waals surface area contributed by atoms with E-state index in [0.717, 1.165) is 6.42 Å². The highest BCUT2D eigenvalue weighted by molar-refractivity contribution is 6.06. The third-order valence-corrected chi connectivity index (χ3v) is 4.09. The first kappa shape index (κ1) is 14.3. The van der Waals surface area contributed by atoms with Gasteiger partial charge in [0.1, 0.15) is 0 Å². The van der Waals surface area contributed by atoms with Crippen LogP contribution in [0.1, 0.15) is 23.2 Å². The standard InChI is InChI=1S/C16H17N3O3/c17-15(21)10-4-3-7-19(9-10)16(22)12-8-14(20)18-13-6-2-1-5-11(12)13/h1-2,5-6,8,10H,3-4,7,9H2,(H2,17,21)(H,18,20). The van der Waals surface area contributed by atoms with Gasteiger partial charge < -0.3 is 15.6 Å². The Bertz CT molecular complexity index is 797. The van der Waals surface area contributed by atoms with Crippen molar-refractivity contribution < 1.29 is 9.59 Å². The second-order valence-electron chi connectivity index (χ2n) is 5.59. The fourth-order valence-corrected chi connectivity index (χ4v) is 2.95. The Morgan fingerprint density at radius 1 is 1.27 bits per heavy atom. The first-order valence-corrected chi connectivity index (χ1v) is 7.27. The Hall–Kier alpha value is -2.63. The molecule has 0 spiro atoms. The molecule has 0 aliphatic carbocycles. The molecule has 0 saturated carbocycles. The van der Waals surface area contributed by atoms with Gasteiger partial charge in [0.2, 0.25) is 11.5 Å². The zero-order valence-electron chi connectivity index (χ0n) is 12.0. The Morgan fingerprint density at radius 2 is 2.05 bits per heavy atom. The predicted octanol–water partition coefficient (Wildman–Crippen LogP) is 0.866. The number of carbonyl (C=O) groups excluding carboxylic acids is 2. The van der Waals surface area contributed by atoms with Crippen LogP contribution in [0, 0.1) is 5.92 Å². The number of aromatic amines is 1. The summed E-state index contributed by atoms with van der Waals surface area (Å²) in [5.74, 6) is -0.924. The van der Waals surface area contributed by atoms with Crippen LogP contribution in [0.4, 0.5) is 0 Å². The monoisotopic (exact) mass is 299 g/mol. The van der Waals surface area contributed by atoms with Crippen LogP contribution in [0.5, 0.6) is 0 Å². The molecule has 1 aromatic carbocycles. The van der Waals surface area contributed by atoms with Gasteiger partial charge in [-0.2, -0.15) is 0 Å². The van der Waals surface area contributed by atoms with Gasteiger partial charge in [-0.05, 0) is 18.9 Å². The van der Waals surface area contributed by atoms with Crippen LogP contribution in [0.2, 0.25) is 0 Å². The molecule has 1 saturated heterocycles. The van der Waals surface area contributed by atoms with E-state index in [0.29, 0.717) is 36.0 Å². The Balaban J connectivity index is 1.98. The van der Waals surface area contributed by atoms with Gasteiger partial charge in [-0.3, -0.25) is 14.4 Å². The van der Waals surface area contributed by atoms with E-state index in [1.807, 2.05) is 6.07 Å². The number of para-hydroxylation sites is 1. The van der Waals surface area contributed by atoms with E-state index in [1.165, 1.54) is 6.07 Å². The summed E-state index contributed by atoms with van der Waals surface area (Å²) in [5.41, 5.74) is 6.03. The van der Waals surface area contributed by atoms with Crippen LogP contribution in [0.3, 0.4) is 0 Å². The number of aromatic nitrogens is 1. The molecule has 2 heterocycles. The molecule has 3 N–H and O–H groups in total. The average Bonchev–Trinajstić information content (AvgIpc) is 2.53. The number of carbonyl (C=O) groups is 2. The third kappa shape index (κ3) is 2.59. The fraction of sp³-hybridized carbons (Fsp3) is 0.312. The molecule has 6 heteroatoms. The summed E-state index contributed by atoms with van der Waals surface area (Å²) >= 11 is 0. The number of rotatable bonds is 2. The zero-order valence-corrected chi connectivity index (χ0v) is 12.0. The van der Waals surface area contributed by atoms with Crippen molar-refractivity contribution in [2.45, 2.75) is 12.8 Å². The lowest BCUT2D eigenvalue weighted by Crippen LogP contribution is -2.44. The first-order chi connectivity index (χ1) is 10.6. The quantitative estimate of drug-likeness (QED) is 0.861. The van der Waals surface area contributed by atoms with Crippen LogP contribution in [-0.2, 0) is 4.79 Å². The highest BCUT2D eigenvalue weighted by atomic mass is 16.2. The number of hydrogen-bond acceptors (Lipinski definition) is 3. The van der Waals surface area contributed by atoms with Gasteiger partial charge >= 0.3 is 0 Å². The third-order valence-electron chi connectivity index (χ3n) is 4.09. The molecule has 1 aliphatic heterocycles. The van der Waals surface area contributed by atoms with Crippen molar-refractivity contribution in [1.82, 2.24) is 9.88 Å². The van der Waals surface area contributed by atoms with Gasteiger partial charge in [0.25, 0.3) is 5.91 Å². The molecule has 22 heavy (non-hydrogen) atoms. The molecule has 2 amide bonds. The van der Waals surface area contributed by atoms with Crippen molar-refractivity contribution in [3.63, 3.8) is 0 Å². The molecular formula is C16H17N3O3.